The molecule has 32 heavy (non-hydrogen) atoms. The third-order valence-corrected chi connectivity index (χ3v) is 5.66. The molecule has 0 saturated heterocycles. The van der Waals surface area contributed by atoms with Crippen molar-refractivity contribution in [3.63, 3.8) is 0 Å². The highest BCUT2D eigenvalue weighted by atomic mass is 35.5. The molecule has 0 radical (unpaired) electrons. The molecule has 1 aromatic heterocycles. The smallest absolute Gasteiger partial charge is 0.280 e. The van der Waals surface area contributed by atoms with E-state index >= 15 is 0 Å². The number of anilines is 1. The van der Waals surface area contributed by atoms with Crippen LogP contribution in [0.1, 0.15) is 11.1 Å². The van der Waals surface area contributed by atoms with Crippen molar-refractivity contribution in [2.75, 3.05) is 5.43 Å². The van der Waals surface area contributed by atoms with Gasteiger partial charge in [-0.3, -0.25) is 10.9 Å². The molecular weight excluding hydrogens is 467 g/mol. The van der Waals surface area contributed by atoms with E-state index in [4.69, 9.17) is 11.6 Å². The minimum atomic E-state index is -4.60. The zero-order valence-electron chi connectivity index (χ0n) is 16.3. The first-order chi connectivity index (χ1) is 15.1. The minimum Gasteiger partial charge on any atom is -0.280 e. The molecule has 0 unspecified atom stereocenters. The van der Waals surface area contributed by atoms with Crippen molar-refractivity contribution in [3.8, 4) is 0 Å². The van der Waals surface area contributed by atoms with Gasteiger partial charge >= 0.3 is 6.18 Å². The van der Waals surface area contributed by atoms with E-state index in [1.54, 1.807) is 42.5 Å². The van der Waals surface area contributed by atoms with Gasteiger partial charge in [-0.15, -0.1) is 0 Å². The second-order valence-corrected chi connectivity index (χ2v) is 8.46. The molecule has 0 spiro atoms. The first-order valence-electron chi connectivity index (χ1n) is 9.06. The van der Waals surface area contributed by atoms with Crippen LogP contribution in [-0.4, -0.2) is 19.4 Å². The van der Waals surface area contributed by atoms with Gasteiger partial charge in [0.05, 0.1) is 22.0 Å². The quantitative estimate of drug-likeness (QED) is 0.277. The standard InChI is InChI=1S/C20H17ClF3N5O2S/c21-17-11-15(20(22,23)24)13-25-18(17)27-28-19(26-12-14-7-3-1-4-8-14)29-32(30,31)16-9-5-2-6-10-16/h1-11,13H,12H2,(H,25,27)(H2,26,28,29). The molecule has 1 heterocycles. The molecule has 3 rings (SSSR count). The van der Waals surface area contributed by atoms with Crippen LogP contribution in [0.5, 0.6) is 0 Å². The summed E-state index contributed by atoms with van der Waals surface area (Å²) in [5.74, 6) is -0.360. The maximum Gasteiger partial charge on any atom is 0.417 e. The Hall–Kier alpha value is -3.31. The number of hydrazine groups is 1. The van der Waals surface area contributed by atoms with Gasteiger partial charge in [0.25, 0.3) is 10.0 Å². The van der Waals surface area contributed by atoms with Gasteiger partial charge in [-0.1, -0.05) is 60.1 Å². The average molecular weight is 484 g/mol. The lowest BCUT2D eigenvalue weighted by atomic mass is 10.2. The van der Waals surface area contributed by atoms with E-state index < -0.39 is 21.8 Å². The number of aliphatic imine (C=N–C) groups is 1. The van der Waals surface area contributed by atoms with Crippen molar-refractivity contribution in [1.29, 1.82) is 0 Å². The van der Waals surface area contributed by atoms with E-state index in [9.17, 15) is 21.6 Å². The second-order valence-electron chi connectivity index (χ2n) is 6.37. The maximum absolute atomic E-state index is 12.8. The predicted molar refractivity (Wildman–Crippen MR) is 115 cm³/mol. The molecule has 0 atom stereocenters. The highest BCUT2D eigenvalue weighted by Gasteiger charge is 2.31. The van der Waals surface area contributed by atoms with E-state index in [1.165, 1.54) is 12.1 Å². The van der Waals surface area contributed by atoms with Crippen molar-refractivity contribution in [3.05, 3.63) is 89.1 Å². The normalized spacial score (nSPS) is 12.3. The van der Waals surface area contributed by atoms with Crippen LogP contribution in [-0.2, 0) is 22.7 Å². The molecule has 0 bridgehead atoms. The van der Waals surface area contributed by atoms with Crippen LogP contribution in [0.3, 0.4) is 0 Å². The summed E-state index contributed by atoms with van der Waals surface area (Å²) in [5.41, 5.74) is 4.78. The lowest BCUT2D eigenvalue weighted by Gasteiger charge is -2.15. The maximum atomic E-state index is 12.8. The fourth-order valence-electron chi connectivity index (χ4n) is 2.44. The number of rotatable bonds is 6. The van der Waals surface area contributed by atoms with Gasteiger partial charge in [0.2, 0.25) is 5.96 Å². The van der Waals surface area contributed by atoms with Gasteiger partial charge in [0.1, 0.15) is 0 Å². The summed E-state index contributed by atoms with van der Waals surface area (Å²) in [7, 11) is -3.99. The number of aromatic nitrogens is 1. The lowest BCUT2D eigenvalue weighted by molar-refractivity contribution is -0.137. The third-order valence-electron chi connectivity index (χ3n) is 4.01. The average Bonchev–Trinajstić information content (AvgIpc) is 2.77. The van der Waals surface area contributed by atoms with Crippen molar-refractivity contribution in [1.82, 2.24) is 15.1 Å². The summed E-state index contributed by atoms with van der Waals surface area (Å²) in [5, 5.41) is -0.319. The largest absolute Gasteiger partial charge is 0.417 e. The number of pyridine rings is 1. The first kappa shape index (κ1) is 23.4. The molecule has 168 valence electrons. The molecule has 2 aromatic carbocycles. The van der Waals surface area contributed by atoms with Gasteiger partial charge in [-0.25, -0.2) is 23.1 Å². The Morgan fingerprint density at radius 1 is 1.03 bits per heavy atom. The molecular formula is C20H17ClF3N5O2S. The Labute approximate surface area is 187 Å². The van der Waals surface area contributed by atoms with Gasteiger partial charge in [-0.2, -0.15) is 13.2 Å². The Morgan fingerprint density at radius 2 is 1.66 bits per heavy atom. The fourth-order valence-corrected chi connectivity index (χ4v) is 3.66. The predicted octanol–water partition coefficient (Wildman–Crippen LogP) is 4.21. The number of benzene rings is 2. The molecule has 0 fully saturated rings. The zero-order chi connectivity index (χ0) is 23.2. The zero-order valence-corrected chi connectivity index (χ0v) is 17.8. The first-order valence-corrected chi connectivity index (χ1v) is 10.9. The monoisotopic (exact) mass is 483 g/mol. The molecule has 0 amide bonds. The van der Waals surface area contributed by atoms with E-state index in [0.717, 1.165) is 5.56 Å². The second kappa shape index (κ2) is 9.88. The van der Waals surface area contributed by atoms with Crippen molar-refractivity contribution >= 4 is 33.4 Å². The highest BCUT2D eigenvalue weighted by molar-refractivity contribution is 7.90. The number of hydrogen-bond donors (Lipinski definition) is 3. The number of hydrogen-bond acceptors (Lipinski definition) is 5. The van der Waals surface area contributed by atoms with E-state index in [2.05, 4.69) is 25.6 Å². The summed E-state index contributed by atoms with van der Waals surface area (Å²) in [6.45, 7) is 0.121. The minimum absolute atomic E-state index is 0.0000939. The summed E-state index contributed by atoms with van der Waals surface area (Å²) in [6, 6.07) is 17.3. The number of halogens is 4. The van der Waals surface area contributed by atoms with Crippen LogP contribution in [0.4, 0.5) is 19.0 Å². The number of nitrogens with one attached hydrogen (secondary N) is 3. The molecule has 3 N–H and O–H groups in total. The Kier molecular flexibility index (Phi) is 7.21. The number of guanidine groups is 1. The van der Waals surface area contributed by atoms with Gasteiger partial charge in [0.15, 0.2) is 5.82 Å². The summed E-state index contributed by atoms with van der Waals surface area (Å²) in [6.07, 6.45) is -4.00. The molecule has 0 aliphatic carbocycles. The van der Waals surface area contributed by atoms with E-state index in [0.29, 0.717) is 12.3 Å². The van der Waals surface area contributed by atoms with Gasteiger partial charge < -0.3 is 0 Å². The third kappa shape index (κ3) is 6.34. The lowest BCUT2D eigenvalue weighted by Crippen LogP contribution is -2.43. The summed E-state index contributed by atoms with van der Waals surface area (Å²) < 4.78 is 66.0. The van der Waals surface area contributed by atoms with Crippen LogP contribution in [0.2, 0.25) is 5.02 Å². The van der Waals surface area contributed by atoms with Crippen molar-refractivity contribution in [2.45, 2.75) is 17.6 Å². The van der Waals surface area contributed by atoms with Crippen LogP contribution in [0.25, 0.3) is 0 Å². The van der Waals surface area contributed by atoms with Crippen LogP contribution in [0, 0.1) is 0 Å². The van der Waals surface area contributed by atoms with Gasteiger partial charge in [-0.05, 0) is 23.8 Å². The van der Waals surface area contributed by atoms with E-state index in [1.807, 2.05) is 6.07 Å². The molecule has 7 nitrogen and oxygen atoms in total. The number of alkyl halides is 3. The van der Waals surface area contributed by atoms with Crippen molar-refractivity contribution in [2.24, 2.45) is 4.99 Å². The fraction of sp³-hybridized carbons (Fsp3) is 0.100. The van der Waals surface area contributed by atoms with Crippen molar-refractivity contribution < 1.29 is 21.6 Å². The topological polar surface area (TPSA) is 95.5 Å². The Bertz CT molecular complexity index is 1190. The molecule has 0 aliphatic rings. The molecule has 0 aliphatic heterocycles. The molecule has 0 saturated carbocycles. The van der Waals surface area contributed by atoms with Crippen LogP contribution >= 0.6 is 11.6 Å². The number of sulfonamides is 1. The SMILES string of the molecule is O=S(=O)(NC(=NCc1ccccc1)NNc1ncc(C(F)(F)F)cc1Cl)c1ccccc1. The number of nitrogens with zero attached hydrogens (tertiary/aromatic N) is 2. The Morgan fingerprint density at radius 3 is 2.25 bits per heavy atom. The highest BCUT2D eigenvalue weighted by Crippen LogP contribution is 2.32. The van der Waals surface area contributed by atoms with Gasteiger partial charge in [0, 0.05) is 6.20 Å². The van der Waals surface area contributed by atoms with Crippen LogP contribution in [0.15, 0.2) is 82.8 Å². The summed E-state index contributed by atoms with van der Waals surface area (Å²) >= 11 is 5.88. The Balaban J connectivity index is 1.81. The van der Waals surface area contributed by atoms with Crippen LogP contribution < -0.4 is 15.6 Å². The summed E-state index contributed by atoms with van der Waals surface area (Å²) in [4.78, 5) is 7.84. The molecule has 3 aromatic rings. The molecule has 12 heteroatoms. The van der Waals surface area contributed by atoms with E-state index in [-0.39, 0.29) is 28.2 Å².